The molecule has 1 aromatic heterocycles. The molecule has 0 aliphatic carbocycles. The van der Waals surface area contributed by atoms with Crippen molar-refractivity contribution in [1.29, 1.82) is 0 Å². The summed E-state index contributed by atoms with van der Waals surface area (Å²) in [6, 6.07) is 11.8. The second kappa shape index (κ2) is 6.22. The van der Waals surface area contributed by atoms with Crippen LogP contribution in [-0.4, -0.2) is 15.9 Å². The highest BCUT2D eigenvalue weighted by molar-refractivity contribution is 6.29. The predicted molar refractivity (Wildman–Crippen MR) is 88.0 cm³/mol. The fourth-order valence-corrected chi connectivity index (χ4v) is 1.89. The number of hydrogen-bond acceptors (Lipinski definition) is 4. The molecule has 21 heavy (non-hydrogen) atoms. The van der Waals surface area contributed by atoms with Crippen molar-refractivity contribution < 1.29 is 0 Å². The molecular weight excluding hydrogens is 284 g/mol. The molecule has 0 aliphatic rings. The van der Waals surface area contributed by atoms with Gasteiger partial charge in [0.2, 0.25) is 0 Å². The summed E-state index contributed by atoms with van der Waals surface area (Å²) in [4.78, 5) is 0. The van der Waals surface area contributed by atoms with Gasteiger partial charge in [0.1, 0.15) is 0 Å². The Labute approximate surface area is 130 Å². The van der Waals surface area contributed by atoms with Crippen molar-refractivity contribution in [2.75, 3.05) is 5.43 Å². The van der Waals surface area contributed by atoms with Crippen LogP contribution in [-0.2, 0) is 5.41 Å². The molecule has 1 heterocycles. The van der Waals surface area contributed by atoms with E-state index in [2.05, 4.69) is 65.8 Å². The second-order valence-corrected chi connectivity index (χ2v) is 6.26. The lowest BCUT2D eigenvalue weighted by molar-refractivity contribution is 0.590. The third-order valence-electron chi connectivity index (χ3n) is 3.14. The molecule has 0 spiro atoms. The van der Waals surface area contributed by atoms with Crippen molar-refractivity contribution in [3.05, 3.63) is 52.7 Å². The molecule has 0 bridgehead atoms. The van der Waals surface area contributed by atoms with Crippen molar-refractivity contribution in [2.24, 2.45) is 5.10 Å². The van der Waals surface area contributed by atoms with Crippen molar-refractivity contribution >= 4 is 23.1 Å². The lowest BCUT2D eigenvalue weighted by atomic mass is 9.86. The van der Waals surface area contributed by atoms with Crippen LogP contribution in [0.15, 0.2) is 41.5 Å². The zero-order valence-corrected chi connectivity index (χ0v) is 13.4. The van der Waals surface area contributed by atoms with Gasteiger partial charge in [-0.2, -0.15) is 5.10 Å². The number of anilines is 1. The van der Waals surface area contributed by atoms with Gasteiger partial charge < -0.3 is 0 Å². The number of nitrogens with zero attached hydrogens (tertiary/aromatic N) is 3. The van der Waals surface area contributed by atoms with Crippen LogP contribution in [0.5, 0.6) is 0 Å². The number of hydrazone groups is 1. The molecule has 0 saturated carbocycles. The monoisotopic (exact) mass is 302 g/mol. The third-order valence-corrected chi connectivity index (χ3v) is 3.34. The smallest absolute Gasteiger partial charge is 0.168 e. The minimum absolute atomic E-state index is 0.153. The van der Waals surface area contributed by atoms with E-state index >= 15 is 0 Å². The maximum Gasteiger partial charge on any atom is 0.168 e. The highest BCUT2D eigenvalue weighted by Gasteiger charge is 2.13. The van der Waals surface area contributed by atoms with E-state index in [-0.39, 0.29) is 5.41 Å². The van der Waals surface area contributed by atoms with Gasteiger partial charge in [-0.25, -0.2) is 0 Å². The van der Waals surface area contributed by atoms with E-state index in [1.165, 1.54) is 5.56 Å². The van der Waals surface area contributed by atoms with Crippen molar-refractivity contribution in [3.8, 4) is 0 Å². The standard InChI is InChI=1S/C16H19ClN4/c1-11(18-20-15-10-9-14(17)19-21-15)12-5-7-13(8-6-12)16(2,3)4/h5-10H,1-4H3,(H,20,21)/b18-11+. The Hall–Kier alpha value is -1.94. The number of halogens is 1. The minimum Gasteiger partial charge on any atom is -0.260 e. The Kier molecular flexibility index (Phi) is 4.58. The lowest BCUT2D eigenvalue weighted by Gasteiger charge is -2.19. The van der Waals surface area contributed by atoms with Crippen LogP contribution in [0.2, 0.25) is 5.15 Å². The molecule has 110 valence electrons. The molecule has 4 nitrogen and oxygen atoms in total. The lowest BCUT2D eigenvalue weighted by Crippen LogP contribution is -2.11. The molecule has 0 aliphatic heterocycles. The molecule has 1 aromatic carbocycles. The summed E-state index contributed by atoms with van der Waals surface area (Å²) < 4.78 is 0. The Morgan fingerprint density at radius 1 is 1.05 bits per heavy atom. The van der Waals surface area contributed by atoms with Crippen LogP contribution in [0.25, 0.3) is 0 Å². The van der Waals surface area contributed by atoms with Crippen molar-refractivity contribution in [3.63, 3.8) is 0 Å². The molecular formula is C16H19ClN4. The van der Waals surface area contributed by atoms with E-state index in [4.69, 9.17) is 11.6 Å². The molecule has 0 fully saturated rings. The zero-order chi connectivity index (χ0) is 15.5. The fraction of sp³-hybridized carbons (Fsp3) is 0.312. The number of aromatic nitrogens is 2. The maximum absolute atomic E-state index is 5.68. The van der Waals surface area contributed by atoms with Gasteiger partial charge in [0.25, 0.3) is 0 Å². The van der Waals surface area contributed by atoms with Gasteiger partial charge in [0, 0.05) is 0 Å². The van der Waals surface area contributed by atoms with Gasteiger partial charge >= 0.3 is 0 Å². The normalized spacial score (nSPS) is 12.3. The van der Waals surface area contributed by atoms with Crippen LogP contribution in [0.4, 0.5) is 5.82 Å². The number of hydrogen-bond donors (Lipinski definition) is 1. The molecule has 2 aromatic rings. The summed E-state index contributed by atoms with van der Waals surface area (Å²) in [6.07, 6.45) is 0. The van der Waals surface area contributed by atoms with Gasteiger partial charge in [-0.15, -0.1) is 10.2 Å². The number of nitrogens with one attached hydrogen (secondary N) is 1. The summed E-state index contributed by atoms with van der Waals surface area (Å²) >= 11 is 5.68. The third kappa shape index (κ3) is 4.26. The molecule has 0 unspecified atom stereocenters. The van der Waals surface area contributed by atoms with Crippen LogP contribution in [0.1, 0.15) is 38.8 Å². The molecule has 2 rings (SSSR count). The van der Waals surface area contributed by atoms with E-state index in [0.29, 0.717) is 11.0 Å². The molecule has 0 amide bonds. The average molecular weight is 303 g/mol. The van der Waals surface area contributed by atoms with E-state index < -0.39 is 0 Å². The largest absolute Gasteiger partial charge is 0.260 e. The number of benzene rings is 1. The first-order valence-corrected chi connectivity index (χ1v) is 7.14. The number of rotatable bonds is 3. The first-order chi connectivity index (χ1) is 9.86. The van der Waals surface area contributed by atoms with Gasteiger partial charge in [0.05, 0.1) is 5.71 Å². The topological polar surface area (TPSA) is 50.2 Å². The second-order valence-electron chi connectivity index (χ2n) is 5.88. The SMILES string of the molecule is C/C(=N\Nc1ccc(Cl)nn1)c1ccc(C(C)(C)C)cc1. The Morgan fingerprint density at radius 3 is 2.24 bits per heavy atom. The maximum atomic E-state index is 5.68. The van der Waals surface area contributed by atoms with Gasteiger partial charge in [-0.1, -0.05) is 56.6 Å². The molecule has 0 atom stereocenters. The molecule has 0 saturated heterocycles. The average Bonchev–Trinajstić information content (AvgIpc) is 2.45. The van der Waals surface area contributed by atoms with Crippen LogP contribution in [0, 0.1) is 0 Å². The van der Waals surface area contributed by atoms with E-state index in [0.717, 1.165) is 11.3 Å². The Bertz CT molecular complexity index is 625. The van der Waals surface area contributed by atoms with Crippen molar-refractivity contribution in [1.82, 2.24) is 10.2 Å². The van der Waals surface area contributed by atoms with Gasteiger partial charge in [-0.3, -0.25) is 5.43 Å². The highest BCUT2D eigenvalue weighted by Crippen LogP contribution is 2.22. The van der Waals surface area contributed by atoms with Crippen LogP contribution >= 0.6 is 11.6 Å². The van der Waals surface area contributed by atoms with E-state index in [9.17, 15) is 0 Å². The van der Waals surface area contributed by atoms with Gasteiger partial charge in [0.15, 0.2) is 11.0 Å². The predicted octanol–water partition coefficient (Wildman–Crippen LogP) is 4.26. The summed E-state index contributed by atoms with van der Waals surface area (Å²) in [7, 11) is 0. The quantitative estimate of drug-likeness (QED) is 0.680. The minimum atomic E-state index is 0.153. The summed E-state index contributed by atoms with van der Waals surface area (Å²) in [5, 5.41) is 12.3. The zero-order valence-electron chi connectivity index (χ0n) is 12.7. The first kappa shape index (κ1) is 15.4. The van der Waals surface area contributed by atoms with Crippen LogP contribution in [0.3, 0.4) is 0 Å². The Morgan fingerprint density at radius 2 is 1.71 bits per heavy atom. The first-order valence-electron chi connectivity index (χ1n) is 6.77. The summed E-state index contributed by atoms with van der Waals surface area (Å²) in [6.45, 7) is 8.54. The molecule has 1 N–H and O–H groups in total. The summed E-state index contributed by atoms with van der Waals surface area (Å²) in [5.74, 6) is 0.560. The van der Waals surface area contributed by atoms with Gasteiger partial charge in [-0.05, 0) is 35.6 Å². The van der Waals surface area contributed by atoms with E-state index in [1.54, 1.807) is 12.1 Å². The summed E-state index contributed by atoms with van der Waals surface area (Å²) in [5.41, 5.74) is 6.27. The van der Waals surface area contributed by atoms with E-state index in [1.807, 2.05) is 6.92 Å². The highest BCUT2D eigenvalue weighted by atomic mass is 35.5. The Balaban J connectivity index is 2.10. The van der Waals surface area contributed by atoms with Crippen molar-refractivity contribution in [2.45, 2.75) is 33.1 Å². The fourth-order valence-electron chi connectivity index (χ4n) is 1.79. The van der Waals surface area contributed by atoms with Crippen LogP contribution < -0.4 is 5.43 Å². The molecule has 5 heteroatoms. The molecule has 0 radical (unpaired) electrons.